The molecule has 26 heavy (non-hydrogen) atoms. The van der Waals surface area contributed by atoms with E-state index in [0.717, 1.165) is 16.7 Å². The predicted molar refractivity (Wildman–Crippen MR) is 95.5 cm³/mol. The lowest BCUT2D eigenvalue weighted by atomic mass is 10.2. The normalized spacial score (nSPS) is 16.8. The second kappa shape index (κ2) is 7.39. The molecule has 3 rings (SSSR count). The highest BCUT2D eigenvalue weighted by Gasteiger charge is 2.41. The van der Waals surface area contributed by atoms with Gasteiger partial charge >= 0.3 is 0 Å². The summed E-state index contributed by atoms with van der Waals surface area (Å²) in [6.45, 7) is 0. The van der Waals surface area contributed by atoms with Crippen molar-refractivity contribution < 1.29 is 24.2 Å². The van der Waals surface area contributed by atoms with Crippen molar-refractivity contribution in [1.29, 1.82) is 0 Å². The van der Waals surface area contributed by atoms with Crippen molar-refractivity contribution in [1.82, 2.24) is 0 Å². The SMILES string of the molecule is COc1ccc(Cl)c(N2C(=O)C[C@H](Sc3ccccc3C(=O)[O-])C2=O)c1. The molecule has 0 aliphatic carbocycles. The van der Waals surface area contributed by atoms with Crippen LogP contribution in [0.1, 0.15) is 16.8 Å². The van der Waals surface area contributed by atoms with Crippen molar-refractivity contribution in [3.8, 4) is 5.75 Å². The molecule has 0 bridgehead atoms. The first-order valence-electron chi connectivity index (χ1n) is 7.59. The number of amides is 2. The quantitative estimate of drug-likeness (QED) is 0.727. The van der Waals surface area contributed by atoms with E-state index >= 15 is 0 Å². The number of methoxy groups -OCH3 is 1. The highest BCUT2D eigenvalue weighted by molar-refractivity contribution is 8.00. The summed E-state index contributed by atoms with van der Waals surface area (Å²) in [7, 11) is 1.47. The van der Waals surface area contributed by atoms with E-state index in [1.54, 1.807) is 30.3 Å². The molecule has 1 atom stereocenters. The minimum Gasteiger partial charge on any atom is -0.545 e. The number of carboxylic acid groups (broad SMARTS) is 1. The number of aromatic carboxylic acids is 1. The smallest absolute Gasteiger partial charge is 0.247 e. The molecule has 8 heteroatoms. The van der Waals surface area contributed by atoms with E-state index < -0.39 is 23.0 Å². The minimum atomic E-state index is -1.34. The number of hydrogen-bond acceptors (Lipinski definition) is 6. The summed E-state index contributed by atoms with van der Waals surface area (Å²) in [6.07, 6.45) is -0.0571. The van der Waals surface area contributed by atoms with Gasteiger partial charge in [0, 0.05) is 22.9 Å². The summed E-state index contributed by atoms with van der Waals surface area (Å²) in [5.74, 6) is -1.74. The molecular formula is C18H13ClNO5S-. The first kappa shape index (κ1) is 18.3. The molecule has 1 fully saturated rings. The molecule has 1 aliphatic rings. The molecule has 0 radical (unpaired) electrons. The Morgan fingerprint density at radius 2 is 2.00 bits per heavy atom. The van der Waals surface area contributed by atoms with E-state index in [4.69, 9.17) is 16.3 Å². The topological polar surface area (TPSA) is 86.7 Å². The molecule has 0 aromatic heterocycles. The Bertz CT molecular complexity index is 901. The second-order valence-electron chi connectivity index (χ2n) is 5.48. The van der Waals surface area contributed by atoms with Gasteiger partial charge in [0.15, 0.2) is 0 Å². The monoisotopic (exact) mass is 390 g/mol. The van der Waals surface area contributed by atoms with Crippen LogP contribution in [0.4, 0.5) is 5.69 Å². The van der Waals surface area contributed by atoms with E-state index in [0.29, 0.717) is 10.6 Å². The lowest BCUT2D eigenvalue weighted by Gasteiger charge is -2.18. The van der Waals surface area contributed by atoms with Crippen LogP contribution in [0.25, 0.3) is 0 Å². The number of carboxylic acids is 1. The van der Waals surface area contributed by atoms with Crippen molar-refractivity contribution >= 4 is 46.8 Å². The number of carbonyl (C=O) groups excluding carboxylic acids is 3. The first-order chi connectivity index (χ1) is 12.4. The van der Waals surface area contributed by atoms with Crippen LogP contribution in [-0.4, -0.2) is 30.1 Å². The van der Waals surface area contributed by atoms with Crippen LogP contribution in [0.5, 0.6) is 5.75 Å². The Hall–Kier alpha value is -2.51. The van der Waals surface area contributed by atoms with Gasteiger partial charge in [-0.15, -0.1) is 11.8 Å². The van der Waals surface area contributed by atoms with Crippen molar-refractivity contribution in [2.24, 2.45) is 0 Å². The molecular weight excluding hydrogens is 378 g/mol. The summed E-state index contributed by atoms with van der Waals surface area (Å²) < 4.78 is 5.12. The number of halogens is 1. The molecule has 1 saturated heterocycles. The second-order valence-corrected chi connectivity index (χ2v) is 7.13. The van der Waals surface area contributed by atoms with Crippen molar-refractivity contribution in [2.75, 3.05) is 12.0 Å². The Labute approximate surface area is 158 Å². The Kier molecular flexibility index (Phi) is 5.20. The summed E-state index contributed by atoms with van der Waals surface area (Å²) >= 11 is 7.17. The van der Waals surface area contributed by atoms with Crippen LogP contribution < -0.4 is 14.7 Å². The zero-order valence-corrected chi connectivity index (χ0v) is 15.2. The molecule has 1 aliphatic heterocycles. The maximum atomic E-state index is 12.8. The minimum absolute atomic E-state index is 0.0180. The standard InChI is InChI=1S/C18H14ClNO5S/c1-25-10-6-7-12(19)13(8-10)20-16(21)9-15(17(20)22)26-14-5-3-2-4-11(14)18(23)24/h2-8,15H,9H2,1H3,(H,23,24)/p-1/t15-/m0/s1. The molecule has 0 unspecified atom stereocenters. The van der Waals surface area contributed by atoms with Gasteiger partial charge in [0.05, 0.1) is 29.0 Å². The fourth-order valence-corrected chi connectivity index (χ4v) is 4.01. The van der Waals surface area contributed by atoms with E-state index in [-0.39, 0.29) is 22.7 Å². The number of anilines is 1. The van der Waals surface area contributed by atoms with E-state index in [9.17, 15) is 19.5 Å². The number of carbonyl (C=O) groups is 3. The van der Waals surface area contributed by atoms with Crippen LogP contribution in [-0.2, 0) is 9.59 Å². The molecule has 0 spiro atoms. The van der Waals surface area contributed by atoms with Gasteiger partial charge in [-0.25, -0.2) is 4.90 Å². The van der Waals surface area contributed by atoms with Gasteiger partial charge in [0.25, 0.3) is 0 Å². The largest absolute Gasteiger partial charge is 0.545 e. The first-order valence-corrected chi connectivity index (χ1v) is 8.85. The zero-order chi connectivity index (χ0) is 18.8. The Morgan fingerprint density at radius 3 is 2.69 bits per heavy atom. The van der Waals surface area contributed by atoms with Crippen LogP contribution in [0.3, 0.4) is 0 Å². The molecule has 6 nitrogen and oxygen atoms in total. The summed E-state index contributed by atoms with van der Waals surface area (Å²) in [5.41, 5.74) is 0.230. The fourth-order valence-electron chi connectivity index (χ4n) is 2.63. The highest BCUT2D eigenvalue weighted by atomic mass is 35.5. The van der Waals surface area contributed by atoms with Gasteiger partial charge in [0.1, 0.15) is 5.75 Å². The maximum absolute atomic E-state index is 12.8. The maximum Gasteiger partial charge on any atom is 0.247 e. The van der Waals surface area contributed by atoms with E-state index in [2.05, 4.69) is 0 Å². The molecule has 2 amide bonds. The lowest BCUT2D eigenvalue weighted by Crippen LogP contribution is -2.31. The number of hydrogen-bond donors (Lipinski definition) is 0. The number of imide groups is 1. The third kappa shape index (κ3) is 3.40. The van der Waals surface area contributed by atoms with Crippen molar-refractivity contribution in [3.05, 3.63) is 53.1 Å². The highest BCUT2D eigenvalue weighted by Crippen LogP contribution is 2.38. The number of ether oxygens (including phenoxy) is 1. The van der Waals surface area contributed by atoms with Gasteiger partial charge in [-0.1, -0.05) is 29.8 Å². The van der Waals surface area contributed by atoms with Gasteiger partial charge < -0.3 is 14.6 Å². The zero-order valence-electron chi connectivity index (χ0n) is 13.6. The summed E-state index contributed by atoms with van der Waals surface area (Å²) in [6, 6.07) is 10.9. The summed E-state index contributed by atoms with van der Waals surface area (Å²) in [4.78, 5) is 37.8. The van der Waals surface area contributed by atoms with Gasteiger partial charge in [-0.3, -0.25) is 9.59 Å². The predicted octanol–water partition coefficient (Wildman–Crippen LogP) is 2.14. The Morgan fingerprint density at radius 1 is 1.27 bits per heavy atom. The van der Waals surface area contributed by atoms with Crippen LogP contribution >= 0.6 is 23.4 Å². The molecule has 1 heterocycles. The van der Waals surface area contributed by atoms with E-state index in [1.807, 2.05) is 0 Å². The molecule has 0 saturated carbocycles. The van der Waals surface area contributed by atoms with Crippen LogP contribution in [0.15, 0.2) is 47.4 Å². The third-order valence-electron chi connectivity index (χ3n) is 3.88. The van der Waals surface area contributed by atoms with Crippen molar-refractivity contribution in [3.63, 3.8) is 0 Å². The number of benzene rings is 2. The fraction of sp³-hybridized carbons (Fsp3) is 0.167. The number of thioether (sulfide) groups is 1. The van der Waals surface area contributed by atoms with Gasteiger partial charge in [-0.2, -0.15) is 0 Å². The molecule has 2 aromatic carbocycles. The lowest BCUT2D eigenvalue weighted by molar-refractivity contribution is -0.255. The van der Waals surface area contributed by atoms with Crippen LogP contribution in [0.2, 0.25) is 5.02 Å². The average molecular weight is 391 g/mol. The number of nitrogens with zero attached hydrogens (tertiary/aromatic N) is 1. The number of rotatable bonds is 5. The van der Waals surface area contributed by atoms with Gasteiger partial charge in [-0.05, 0) is 18.2 Å². The molecule has 0 N–H and O–H groups in total. The van der Waals surface area contributed by atoms with Crippen molar-refractivity contribution in [2.45, 2.75) is 16.6 Å². The average Bonchev–Trinajstić information content (AvgIpc) is 2.89. The van der Waals surface area contributed by atoms with Gasteiger partial charge in [0.2, 0.25) is 11.8 Å². The summed E-state index contributed by atoms with van der Waals surface area (Å²) in [5, 5.41) is 10.7. The third-order valence-corrected chi connectivity index (χ3v) is 5.46. The molecule has 134 valence electrons. The Balaban J connectivity index is 1.90. The molecule has 2 aromatic rings. The van der Waals surface area contributed by atoms with E-state index in [1.165, 1.54) is 19.2 Å². The van der Waals surface area contributed by atoms with Crippen LogP contribution in [0, 0.1) is 0 Å².